The van der Waals surface area contributed by atoms with E-state index in [0.29, 0.717) is 22.8 Å². The molecule has 13 rings (SSSR count). The second-order valence-electron chi connectivity index (χ2n) is 19.4. The molecule has 5 heterocycles. The van der Waals surface area contributed by atoms with Crippen LogP contribution >= 0.6 is 0 Å². The summed E-state index contributed by atoms with van der Waals surface area (Å²) in [6, 6.07) is 68.4. The van der Waals surface area contributed by atoms with E-state index >= 15 is 0 Å². The van der Waals surface area contributed by atoms with Gasteiger partial charge in [0.15, 0.2) is 0 Å². The van der Waals surface area contributed by atoms with Crippen molar-refractivity contribution >= 4 is 91.7 Å². The molecule has 0 radical (unpaired) electrons. The lowest BCUT2D eigenvalue weighted by Crippen LogP contribution is -2.00. The highest BCUT2D eigenvalue weighted by Gasteiger charge is 2.11. The largest absolute Gasteiger partial charge is 0.263 e. The highest BCUT2D eigenvalue weighted by molar-refractivity contribution is 5.92. The average molecular weight is 997 g/mol. The van der Waals surface area contributed by atoms with Crippen molar-refractivity contribution in [1.82, 2.24) is 29.9 Å². The summed E-state index contributed by atoms with van der Waals surface area (Å²) in [4.78, 5) is 29.6. The third-order valence-corrected chi connectivity index (χ3v) is 14.1. The fourth-order valence-corrected chi connectivity index (χ4v) is 9.98. The Hall–Kier alpha value is -10.6. The molecule has 0 amide bonds. The van der Waals surface area contributed by atoms with E-state index < -0.39 is 0 Å². The smallest absolute Gasteiger partial charge is 0.0894 e. The SMILES string of the molecule is C(=Cc1nc(C=Cc2cncc(-c3ccc4ccccc4c3)c2)c(C=Cc2cncc(-c3ccc4ccccc4c3)c2)nc1C=Cc1cncc(-c2ccc3ccccc3c2)c1)c1cncc(-c2ccc3ccccc3c2)c1. The van der Waals surface area contributed by atoms with Gasteiger partial charge in [-0.3, -0.25) is 19.9 Å². The van der Waals surface area contributed by atoms with Crippen LogP contribution in [0.5, 0.6) is 0 Å². The number of fused-ring (bicyclic) bond motifs is 4. The summed E-state index contributed by atoms with van der Waals surface area (Å²) in [5.74, 6) is 0. The van der Waals surface area contributed by atoms with Gasteiger partial charge in [0.25, 0.3) is 0 Å². The van der Waals surface area contributed by atoms with Gasteiger partial charge in [0.05, 0.1) is 22.8 Å². The summed E-state index contributed by atoms with van der Waals surface area (Å²) < 4.78 is 0. The number of nitrogens with zero attached hydrogens (tertiary/aromatic N) is 6. The Bertz CT molecular complexity index is 3960. The van der Waals surface area contributed by atoms with Crippen molar-refractivity contribution in [3.63, 3.8) is 0 Å². The Morgan fingerprint density at radius 3 is 0.667 bits per heavy atom. The van der Waals surface area contributed by atoms with Crippen molar-refractivity contribution in [2.75, 3.05) is 0 Å². The summed E-state index contributed by atoms with van der Waals surface area (Å²) >= 11 is 0. The molecule has 0 bridgehead atoms. The Morgan fingerprint density at radius 1 is 0.192 bits per heavy atom. The zero-order valence-corrected chi connectivity index (χ0v) is 42.4. The van der Waals surface area contributed by atoms with Crippen LogP contribution in [0.4, 0.5) is 0 Å². The monoisotopic (exact) mass is 996 g/mol. The molecular formula is C72H48N6. The number of aromatic nitrogens is 6. The predicted molar refractivity (Wildman–Crippen MR) is 326 cm³/mol. The van der Waals surface area contributed by atoms with Crippen LogP contribution in [-0.2, 0) is 0 Å². The van der Waals surface area contributed by atoms with Crippen molar-refractivity contribution in [1.29, 1.82) is 0 Å². The Labute approximate surface area is 452 Å². The summed E-state index contributed by atoms with van der Waals surface area (Å²) in [5.41, 5.74) is 14.9. The topological polar surface area (TPSA) is 77.3 Å². The molecule has 8 aromatic carbocycles. The molecule has 5 aromatic heterocycles. The molecular weight excluding hydrogens is 949 g/mol. The number of benzene rings is 8. The van der Waals surface area contributed by atoms with Crippen molar-refractivity contribution in [2.24, 2.45) is 0 Å². The standard InChI is InChI=1S/C72H48N6/c1-5-13-57-37-61(25-21-53(57)9-1)65-33-49(41-73-45-65)17-29-69-70(30-18-50-34-66(46-74-42-50)62-26-22-54-10-2-6-14-58(54)38-62)78-72(32-20-52-36-68(48-76-44-52)64-28-24-56-12-4-8-16-60(56)40-64)71(77-69)31-19-51-35-67(47-75-43-51)63-27-23-55-11-3-7-15-59(55)39-63/h1-48H. The van der Waals surface area contributed by atoms with E-state index in [1.54, 1.807) is 0 Å². The van der Waals surface area contributed by atoms with E-state index in [1.807, 2.05) is 73.9 Å². The van der Waals surface area contributed by atoms with Gasteiger partial charge < -0.3 is 0 Å². The normalized spacial score (nSPS) is 11.9. The number of rotatable bonds is 12. The minimum absolute atomic E-state index is 0.681. The third kappa shape index (κ3) is 10.4. The molecule has 366 valence electrons. The van der Waals surface area contributed by atoms with Crippen LogP contribution in [0.3, 0.4) is 0 Å². The van der Waals surface area contributed by atoms with Gasteiger partial charge in [-0.25, -0.2) is 9.97 Å². The second kappa shape index (κ2) is 21.4. The summed E-state index contributed by atoms with van der Waals surface area (Å²) in [6.07, 6.45) is 31.5. The fourth-order valence-electron chi connectivity index (χ4n) is 9.98. The lowest BCUT2D eigenvalue weighted by atomic mass is 10.0. The number of hydrogen-bond acceptors (Lipinski definition) is 6. The Morgan fingerprint density at radius 2 is 0.423 bits per heavy atom. The highest BCUT2D eigenvalue weighted by Crippen LogP contribution is 2.31. The van der Waals surface area contributed by atoms with Gasteiger partial charge in [-0.05, 0) is 160 Å². The Balaban J connectivity index is 0.912. The molecule has 6 nitrogen and oxygen atoms in total. The van der Waals surface area contributed by atoms with Gasteiger partial charge in [-0.1, -0.05) is 170 Å². The average Bonchev–Trinajstić information content (AvgIpc) is 3.52. The number of hydrogen-bond donors (Lipinski definition) is 0. The van der Waals surface area contributed by atoms with Crippen LogP contribution in [-0.4, -0.2) is 29.9 Å². The van der Waals surface area contributed by atoms with Crippen molar-refractivity contribution in [3.05, 3.63) is 289 Å². The molecule has 0 aliphatic rings. The minimum Gasteiger partial charge on any atom is -0.263 e. The lowest BCUT2D eigenvalue weighted by Gasteiger charge is -2.09. The molecule has 0 saturated heterocycles. The van der Waals surface area contributed by atoms with Crippen LogP contribution in [0.15, 0.2) is 244 Å². The summed E-state index contributed by atoms with van der Waals surface area (Å²) in [6.45, 7) is 0. The van der Waals surface area contributed by atoms with Crippen LogP contribution in [0.2, 0.25) is 0 Å². The Kier molecular flexibility index (Phi) is 12.9. The molecule has 0 unspecified atom stereocenters. The first-order chi connectivity index (χ1) is 38.6. The lowest BCUT2D eigenvalue weighted by molar-refractivity contribution is 1.12. The first-order valence-corrected chi connectivity index (χ1v) is 26.0. The first-order valence-electron chi connectivity index (χ1n) is 26.0. The zero-order valence-electron chi connectivity index (χ0n) is 42.4. The second-order valence-corrected chi connectivity index (χ2v) is 19.4. The molecule has 13 aromatic rings. The van der Waals surface area contributed by atoms with E-state index in [1.165, 1.54) is 43.1 Å². The van der Waals surface area contributed by atoms with Crippen LogP contribution in [0.1, 0.15) is 45.0 Å². The van der Waals surface area contributed by atoms with Crippen molar-refractivity contribution < 1.29 is 0 Å². The quantitative estimate of drug-likeness (QED) is 0.121. The van der Waals surface area contributed by atoms with Crippen LogP contribution < -0.4 is 0 Å². The van der Waals surface area contributed by atoms with Crippen LogP contribution in [0.25, 0.3) is 136 Å². The van der Waals surface area contributed by atoms with Gasteiger partial charge in [0.1, 0.15) is 0 Å². The maximum atomic E-state index is 5.43. The predicted octanol–water partition coefficient (Wildman–Crippen LogP) is 18.0. The molecule has 0 N–H and O–H groups in total. The molecule has 0 aliphatic carbocycles. The highest BCUT2D eigenvalue weighted by atomic mass is 14.8. The first kappa shape index (κ1) is 47.2. The third-order valence-electron chi connectivity index (χ3n) is 14.1. The van der Waals surface area contributed by atoms with E-state index in [9.17, 15) is 0 Å². The summed E-state index contributed by atoms with van der Waals surface area (Å²) in [7, 11) is 0. The van der Waals surface area contributed by atoms with Gasteiger partial charge >= 0.3 is 0 Å². The van der Waals surface area contributed by atoms with Gasteiger partial charge in [-0.15, -0.1) is 0 Å². The molecule has 0 atom stereocenters. The van der Waals surface area contributed by atoms with E-state index in [4.69, 9.17) is 29.9 Å². The maximum absolute atomic E-state index is 5.43. The minimum atomic E-state index is 0.681. The van der Waals surface area contributed by atoms with E-state index in [0.717, 1.165) is 66.8 Å². The molecule has 0 saturated carbocycles. The summed E-state index contributed by atoms with van der Waals surface area (Å²) in [5, 5.41) is 9.52. The van der Waals surface area contributed by atoms with Gasteiger partial charge in [0, 0.05) is 71.8 Å². The number of pyridine rings is 4. The molecule has 6 heteroatoms. The molecule has 0 spiro atoms. The molecule has 0 aliphatic heterocycles. The van der Waals surface area contributed by atoms with Crippen molar-refractivity contribution in [3.8, 4) is 44.5 Å². The van der Waals surface area contributed by atoms with Gasteiger partial charge in [0.2, 0.25) is 0 Å². The molecule has 78 heavy (non-hydrogen) atoms. The van der Waals surface area contributed by atoms with E-state index in [-0.39, 0.29) is 0 Å². The van der Waals surface area contributed by atoms with Crippen molar-refractivity contribution in [2.45, 2.75) is 0 Å². The zero-order chi connectivity index (χ0) is 52.0. The fraction of sp³-hybridized carbons (Fsp3) is 0. The van der Waals surface area contributed by atoms with E-state index in [2.05, 4.69) is 218 Å². The molecule has 0 fully saturated rings. The maximum Gasteiger partial charge on any atom is 0.0894 e. The van der Waals surface area contributed by atoms with Crippen LogP contribution in [0, 0.1) is 0 Å². The van der Waals surface area contributed by atoms with Gasteiger partial charge in [-0.2, -0.15) is 0 Å².